The number of carbonyl (C=O) groups is 2. The summed E-state index contributed by atoms with van der Waals surface area (Å²) in [5.41, 5.74) is 1.59. The first kappa shape index (κ1) is 15.7. The Bertz CT molecular complexity index is 627. The average molecular weight is 300 g/mol. The lowest BCUT2D eigenvalue weighted by atomic mass is 10.1. The molecule has 0 atom stereocenters. The van der Waals surface area contributed by atoms with Crippen molar-refractivity contribution in [2.24, 2.45) is 0 Å². The van der Waals surface area contributed by atoms with Gasteiger partial charge < -0.3 is 10.6 Å². The number of para-hydroxylation sites is 1. The van der Waals surface area contributed by atoms with Crippen molar-refractivity contribution in [3.63, 3.8) is 0 Å². The van der Waals surface area contributed by atoms with Crippen LogP contribution in [0.25, 0.3) is 0 Å². The van der Waals surface area contributed by atoms with Gasteiger partial charge >= 0.3 is 0 Å². The summed E-state index contributed by atoms with van der Waals surface area (Å²) in [6, 6.07) is 15.1. The van der Waals surface area contributed by atoms with Crippen LogP contribution in [0.5, 0.6) is 0 Å². The molecular weight excluding hydrogens is 283 g/mol. The number of hydrogen-bond donors (Lipinski definition) is 2. The predicted molar refractivity (Wildman–Crippen MR) is 82.8 cm³/mol. The fourth-order valence-electron chi connectivity index (χ4n) is 1.93. The van der Waals surface area contributed by atoms with Gasteiger partial charge in [0.15, 0.2) is 0 Å². The predicted octanol–water partition coefficient (Wildman–Crippen LogP) is 2.51. The molecule has 5 heteroatoms. The average Bonchev–Trinajstić information content (AvgIpc) is 2.50. The molecule has 2 N–H and O–H groups in total. The van der Waals surface area contributed by atoms with Crippen LogP contribution in [0.2, 0.25) is 0 Å². The van der Waals surface area contributed by atoms with E-state index in [1.165, 1.54) is 12.1 Å². The van der Waals surface area contributed by atoms with E-state index in [0.717, 1.165) is 5.56 Å². The first-order chi connectivity index (χ1) is 10.6. The van der Waals surface area contributed by atoms with Crippen molar-refractivity contribution in [3.8, 4) is 0 Å². The molecule has 4 nitrogen and oxygen atoms in total. The molecule has 0 radical (unpaired) electrons. The van der Waals surface area contributed by atoms with Crippen LogP contribution < -0.4 is 10.6 Å². The third-order valence-electron chi connectivity index (χ3n) is 3.03. The maximum atomic E-state index is 12.7. The van der Waals surface area contributed by atoms with E-state index >= 15 is 0 Å². The van der Waals surface area contributed by atoms with Crippen molar-refractivity contribution in [1.29, 1.82) is 0 Å². The van der Waals surface area contributed by atoms with Crippen molar-refractivity contribution in [2.75, 3.05) is 11.9 Å². The van der Waals surface area contributed by atoms with Crippen molar-refractivity contribution >= 4 is 17.5 Å². The van der Waals surface area contributed by atoms with E-state index in [-0.39, 0.29) is 24.1 Å². The fourth-order valence-corrected chi connectivity index (χ4v) is 1.93. The van der Waals surface area contributed by atoms with E-state index in [1.54, 1.807) is 36.4 Å². The van der Waals surface area contributed by atoms with Gasteiger partial charge in [-0.15, -0.1) is 0 Å². The third-order valence-corrected chi connectivity index (χ3v) is 3.03. The Balaban J connectivity index is 1.69. The molecule has 0 saturated heterocycles. The Hall–Kier alpha value is -2.69. The van der Waals surface area contributed by atoms with E-state index in [0.29, 0.717) is 18.7 Å². The van der Waals surface area contributed by atoms with Gasteiger partial charge in [-0.1, -0.05) is 30.3 Å². The Morgan fingerprint density at radius 3 is 2.27 bits per heavy atom. The lowest BCUT2D eigenvalue weighted by molar-refractivity contribution is -0.126. The molecule has 0 aliphatic heterocycles. The smallest absolute Gasteiger partial charge is 0.233 e. The summed E-state index contributed by atoms with van der Waals surface area (Å²) in [4.78, 5) is 23.3. The van der Waals surface area contributed by atoms with Gasteiger partial charge in [0.05, 0.1) is 0 Å². The first-order valence-corrected chi connectivity index (χ1v) is 6.99. The molecule has 0 bridgehead atoms. The van der Waals surface area contributed by atoms with Crippen molar-refractivity contribution in [1.82, 2.24) is 5.32 Å². The second-order valence-corrected chi connectivity index (χ2v) is 4.82. The van der Waals surface area contributed by atoms with Gasteiger partial charge in [-0.3, -0.25) is 9.59 Å². The van der Waals surface area contributed by atoms with Crippen LogP contribution in [0.4, 0.5) is 10.1 Å². The molecule has 0 aliphatic carbocycles. The molecule has 2 aromatic rings. The summed E-state index contributed by atoms with van der Waals surface area (Å²) < 4.78 is 12.7. The summed E-state index contributed by atoms with van der Waals surface area (Å²) >= 11 is 0. The molecule has 0 heterocycles. The number of halogens is 1. The number of anilines is 1. The van der Waals surface area contributed by atoms with Crippen LogP contribution in [-0.2, 0) is 16.0 Å². The van der Waals surface area contributed by atoms with E-state index in [9.17, 15) is 14.0 Å². The van der Waals surface area contributed by atoms with E-state index in [2.05, 4.69) is 10.6 Å². The van der Waals surface area contributed by atoms with Crippen LogP contribution in [0, 0.1) is 5.82 Å². The third kappa shape index (κ3) is 5.36. The number of benzene rings is 2. The molecule has 0 saturated carbocycles. The maximum Gasteiger partial charge on any atom is 0.233 e. The zero-order chi connectivity index (χ0) is 15.8. The first-order valence-electron chi connectivity index (χ1n) is 6.99. The minimum Gasteiger partial charge on any atom is -0.355 e. The number of carbonyl (C=O) groups excluding carboxylic acids is 2. The maximum absolute atomic E-state index is 12.7. The summed E-state index contributed by atoms with van der Waals surface area (Å²) in [5.74, 6) is -0.980. The Kier molecular flexibility index (Phi) is 5.65. The second-order valence-electron chi connectivity index (χ2n) is 4.82. The lowest BCUT2D eigenvalue weighted by Gasteiger charge is -2.06. The van der Waals surface area contributed by atoms with Crippen LogP contribution in [-0.4, -0.2) is 18.4 Å². The summed E-state index contributed by atoms with van der Waals surface area (Å²) in [7, 11) is 0. The molecule has 0 aromatic heterocycles. The van der Waals surface area contributed by atoms with Gasteiger partial charge in [0.1, 0.15) is 12.2 Å². The Morgan fingerprint density at radius 2 is 1.59 bits per heavy atom. The molecule has 0 unspecified atom stereocenters. The normalized spacial score (nSPS) is 10.0. The van der Waals surface area contributed by atoms with Gasteiger partial charge in [-0.05, 0) is 36.2 Å². The Morgan fingerprint density at radius 1 is 0.909 bits per heavy atom. The van der Waals surface area contributed by atoms with Gasteiger partial charge in [0, 0.05) is 12.2 Å². The van der Waals surface area contributed by atoms with E-state index < -0.39 is 0 Å². The highest BCUT2D eigenvalue weighted by Crippen LogP contribution is 2.05. The lowest BCUT2D eigenvalue weighted by Crippen LogP contribution is -2.29. The van der Waals surface area contributed by atoms with Gasteiger partial charge in [0.2, 0.25) is 11.8 Å². The number of hydrogen-bond acceptors (Lipinski definition) is 2. The molecule has 114 valence electrons. The number of rotatable bonds is 6. The quantitative estimate of drug-likeness (QED) is 0.805. The van der Waals surface area contributed by atoms with Crippen molar-refractivity contribution in [3.05, 3.63) is 66.0 Å². The van der Waals surface area contributed by atoms with Gasteiger partial charge in [0.25, 0.3) is 0 Å². The molecule has 2 aromatic carbocycles. The molecule has 2 amide bonds. The molecule has 0 fully saturated rings. The van der Waals surface area contributed by atoms with Gasteiger partial charge in [-0.25, -0.2) is 4.39 Å². The second kappa shape index (κ2) is 7.93. The molecule has 2 rings (SSSR count). The fraction of sp³-hybridized carbons (Fsp3) is 0.176. The Labute approximate surface area is 128 Å². The summed E-state index contributed by atoms with van der Waals surface area (Å²) in [6.45, 7) is 0.406. The molecule has 0 aliphatic rings. The summed E-state index contributed by atoms with van der Waals surface area (Å²) in [5, 5.41) is 5.31. The van der Waals surface area contributed by atoms with E-state index in [1.807, 2.05) is 6.07 Å². The largest absolute Gasteiger partial charge is 0.355 e. The topological polar surface area (TPSA) is 58.2 Å². The van der Waals surface area contributed by atoms with Crippen molar-refractivity contribution in [2.45, 2.75) is 12.8 Å². The summed E-state index contributed by atoms with van der Waals surface area (Å²) in [6.07, 6.45) is 0.366. The molecule has 0 spiro atoms. The number of amides is 2. The zero-order valence-electron chi connectivity index (χ0n) is 12.0. The van der Waals surface area contributed by atoms with Crippen molar-refractivity contribution < 1.29 is 14.0 Å². The van der Waals surface area contributed by atoms with E-state index in [4.69, 9.17) is 0 Å². The zero-order valence-corrected chi connectivity index (χ0v) is 12.0. The van der Waals surface area contributed by atoms with Crippen LogP contribution in [0.1, 0.15) is 12.0 Å². The van der Waals surface area contributed by atoms with Crippen LogP contribution in [0.3, 0.4) is 0 Å². The standard InChI is InChI=1S/C17H17FN2O2/c18-14-8-6-13(7-9-14)10-11-19-16(21)12-17(22)20-15-4-2-1-3-5-15/h1-9H,10-12H2,(H,19,21)(H,20,22). The number of nitrogens with one attached hydrogen (secondary N) is 2. The highest BCUT2D eigenvalue weighted by molar-refractivity contribution is 6.03. The van der Waals surface area contributed by atoms with Crippen LogP contribution >= 0.6 is 0 Å². The highest BCUT2D eigenvalue weighted by Gasteiger charge is 2.09. The molecule has 22 heavy (non-hydrogen) atoms. The molecular formula is C17H17FN2O2. The van der Waals surface area contributed by atoms with Gasteiger partial charge in [-0.2, -0.15) is 0 Å². The van der Waals surface area contributed by atoms with Crippen LogP contribution in [0.15, 0.2) is 54.6 Å². The minimum absolute atomic E-state index is 0.224. The minimum atomic E-state index is -0.356. The monoisotopic (exact) mass is 300 g/mol. The highest BCUT2D eigenvalue weighted by atomic mass is 19.1. The SMILES string of the molecule is O=C(CC(=O)Nc1ccccc1)NCCc1ccc(F)cc1.